The number of ketones is 3. The van der Waals surface area contributed by atoms with E-state index in [1.807, 2.05) is 41.5 Å². The van der Waals surface area contributed by atoms with Gasteiger partial charge in [-0.2, -0.15) is 0 Å². The van der Waals surface area contributed by atoms with Crippen molar-refractivity contribution in [1.82, 2.24) is 25.6 Å². The molecule has 1 atom stereocenters. The van der Waals surface area contributed by atoms with Crippen molar-refractivity contribution in [3.63, 3.8) is 0 Å². The monoisotopic (exact) mass is 593 g/mol. The molecule has 0 aliphatic carbocycles. The summed E-state index contributed by atoms with van der Waals surface area (Å²) in [6.45, 7) is 12.4. The summed E-state index contributed by atoms with van der Waals surface area (Å²) in [5.74, 6) is -0.140. The second kappa shape index (κ2) is 20.8. The molecular weight excluding hydrogens is 542 g/mol. The van der Waals surface area contributed by atoms with Gasteiger partial charge in [-0.25, -0.2) is 4.68 Å². The van der Waals surface area contributed by atoms with Gasteiger partial charge in [-0.1, -0.05) is 53.2 Å². The van der Waals surface area contributed by atoms with Crippen molar-refractivity contribution < 1.29 is 33.4 Å². The van der Waals surface area contributed by atoms with Crippen LogP contribution in [0.5, 0.6) is 0 Å². The molecule has 2 N–H and O–H groups in total. The Bertz CT molecular complexity index is 962. The lowest BCUT2D eigenvalue weighted by Gasteiger charge is -2.19. The normalized spacial score (nSPS) is 12.1. The topological polar surface area (TPSA) is 159 Å². The molecule has 0 bridgehead atoms. The highest BCUT2D eigenvalue weighted by atomic mass is 16.5. The van der Waals surface area contributed by atoms with Gasteiger partial charge in [0.05, 0.1) is 44.5 Å². The summed E-state index contributed by atoms with van der Waals surface area (Å²) in [7, 11) is 0. The zero-order valence-corrected chi connectivity index (χ0v) is 26.3. The third-order valence-electron chi connectivity index (χ3n) is 6.65. The predicted molar refractivity (Wildman–Crippen MR) is 158 cm³/mol. The summed E-state index contributed by atoms with van der Waals surface area (Å²) in [6.07, 6.45) is 5.00. The van der Waals surface area contributed by atoms with Crippen LogP contribution in [0.15, 0.2) is 6.20 Å². The quantitative estimate of drug-likeness (QED) is 0.172. The molecule has 12 heteroatoms. The SMILES string of the molecule is CC(C)C(=O)CCCCC(COCCC(=O)C(C)C)NC(=O)COCCn1cc(CC(=O)NCCC(=O)C(C)C)nn1. The number of ether oxygens (including phenoxy) is 2. The van der Waals surface area contributed by atoms with E-state index >= 15 is 0 Å². The average molecular weight is 594 g/mol. The fourth-order valence-electron chi connectivity index (χ4n) is 3.82. The highest BCUT2D eigenvalue weighted by Crippen LogP contribution is 2.09. The molecule has 0 saturated carbocycles. The van der Waals surface area contributed by atoms with Gasteiger partial charge in [0, 0.05) is 49.8 Å². The first-order chi connectivity index (χ1) is 19.9. The molecule has 0 spiro atoms. The summed E-state index contributed by atoms with van der Waals surface area (Å²) in [4.78, 5) is 60.0. The first-order valence-electron chi connectivity index (χ1n) is 15.1. The Morgan fingerprint density at radius 3 is 2.12 bits per heavy atom. The van der Waals surface area contributed by atoms with Gasteiger partial charge in [-0.15, -0.1) is 5.10 Å². The zero-order chi connectivity index (χ0) is 31.5. The molecule has 1 rings (SSSR count). The predicted octanol–water partition coefficient (Wildman–Crippen LogP) is 2.47. The minimum Gasteiger partial charge on any atom is -0.379 e. The van der Waals surface area contributed by atoms with Crippen LogP contribution in [0, 0.1) is 17.8 Å². The van der Waals surface area contributed by atoms with Crippen LogP contribution in [0.2, 0.25) is 0 Å². The molecule has 0 radical (unpaired) electrons. The fraction of sp³-hybridized carbons (Fsp3) is 0.767. The van der Waals surface area contributed by atoms with Crippen molar-refractivity contribution in [2.75, 3.05) is 33.0 Å². The molecule has 12 nitrogen and oxygen atoms in total. The van der Waals surface area contributed by atoms with Gasteiger partial charge in [-0.05, 0) is 12.8 Å². The number of unbranched alkanes of at least 4 members (excludes halogenated alkanes) is 1. The van der Waals surface area contributed by atoms with E-state index in [-0.39, 0.29) is 79.2 Å². The number of hydrogen-bond donors (Lipinski definition) is 2. The van der Waals surface area contributed by atoms with Crippen LogP contribution >= 0.6 is 0 Å². The van der Waals surface area contributed by atoms with E-state index in [0.717, 1.165) is 12.8 Å². The summed E-state index contributed by atoms with van der Waals surface area (Å²) in [5, 5.41) is 13.6. The number of carbonyl (C=O) groups excluding carboxylic acids is 5. The van der Waals surface area contributed by atoms with Crippen molar-refractivity contribution in [1.29, 1.82) is 0 Å². The molecule has 0 saturated heterocycles. The van der Waals surface area contributed by atoms with Crippen molar-refractivity contribution in [3.8, 4) is 0 Å². The van der Waals surface area contributed by atoms with Crippen LogP contribution in [-0.2, 0) is 46.4 Å². The van der Waals surface area contributed by atoms with E-state index in [9.17, 15) is 24.0 Å². The number of aromatic nitrogens is 3. The molecule has 42 heavy (non-hydrogen) atoms. The molecule has 1 heterocycles. The Hall–Kier alpha value is -2.99. The van der Waals surface area contributed by atoms with Crippen LogP contribution in [0.1, 0.15) is 85.8 Å². The van der Waals surface area contributed by atoms with Gasteiger partial charge < -0.3 is 20.1 Å². The Morgan fingerprint density at radius 2 is 1.45 bits per heavy atom. The van der Waals surface area contributed by atoms with Crippen LogP contribution in [0.3, 0.4) is 0 Å². The molecular formula is C30H51N5O7. The van der Waals surface area contributed by atoms with Crippen molar-refractivity contribution in [3.05, 3.63) is 11.9 Å². The minimum absolute atomic E-state index is 0.0144. The van der Waals surface area contributed by atoms with Crippen LogP contribution in [0.25, 0.3) is 0 Å². The smallest absolute Gasteiger partial charge is 0.246 e. The minimum atomic E-state index is -0.285. The van der Waals surface area contributed by atoms with Crippen molar-refractivity contribution >= 4 is 29.2 Å². The third-order valence-corrected chi connectivity index (χ3v) is 6.65. The van der Waals surface area contributed by atoms with Gasteiger partial charge >= 0.3 is 0 Å². The number of amides is 2. The molecule has 1 unspecified atom stereocenters. The Labute approximate surface area is 250 Å². The standard InChI is InChI=1S/C30H51N5O7/c1-21(2)26(36)10-8-7-9-24(19-41-15-12-28(38)23(5)6)32-30(40)20-42-16-14-35-18-25(33-34-35)17-29(39)31-13-11-27(37)22(3)4/h18,21-24H,7-17,19-20H2,1-6H3,(H,31,39)(H,32,40). The maximum atomic E-state index is 12.5. The summed E-state index contributed by atoms with van der Waals surface area (Å²) >= 11 is 0. The lowest BCUT2D eigenvalue weighted by Crippen LogP contribution is -2.40. The third kappa shape index (κ3) is 17.1. The summed E-state index contributed by atoms with van der Waals surface area (Å²) in [5.41, 5.74) is 0.494. The van der Waals surface area contributed by atoms with Gasteiger partial charge in [0.15, 0.2) is 0 Å². The second-order valence-corrected chi connectivity index (χ2v) is 11.5. The number of nitrogens with zero attached hydrogens (tertiary/aromatic N) is 3. The van der Waals surface area contributed by atoms with Crippen molar-refractivity contribution in [2.45, 2.75) is 99.1 Å². The van der Waals surface area contributed by atoms with Gasteiger partial charge in [0.2, 0.25) is 11.8 Å². The number of Topliss-reactive ketones (excluding diaryl/α,β-unsaturated/α-hetero) is 3. The molecule has 0 aromatic carbocycles. The van der Waals surface area contributed by atoms with E-state index in [1.54, 1.807) is 6.20 Å². The van der Waals surface area contributed by atoms with Crippen LogP contribution < -0.4 is 10.6 Å². The fourth-order valence-corrected chi connectivity index (χ4v) is 3.82. The first kappa shape index (κ1) is 37.0. The van der Waals surface area contributed by atoms with Crippen LogP contribution in [-0.4, -0.2) is 83.2 Å². The Morgan fingerprint density at radius 1 is 0.810 bits per heavy atom. The van der Waals surface area contributed by atoms with E-state index in [0.29, 0.717) is 51.1 Å². The molecule has 238 valence electrons. The highest BCUT2D eigenvalue weighted by Gasteiger charge is 2.15. The lowest BCUT2D eigenvalue weighted by molar-refractivity contribution is -0.127. The molecule has 0 fully saturated rings. The Balaban J connectivity index is 2.39. The van der Waals surface area contributed by atoms with Crippen LogP contribution in [0.4, 0.5) is 0 Å². The largest absolute Gasteiger partial charge is 0.379 e. The Kier molecular flexibility index (Phi) is 18.4. The van der Waals surface area contributed by atoms with Gasteiger partial charge in [0.25, 0.3) is 0 Å². The number of rotatable bonds is 24. The molecule has 0 aliphatic rings. The summed E-state index contributed by atoms with van der Waals surface area (Å²) < 4.78 is 12.7. The van der Waals surface area contributed by atoms with E-state index in [1.165, 1.54) is 4.68 Å². The lowest BCUT2D eigenvalue weighted by atomic mass is 10.0. The zero-order valence-electron chi connectivity index (χ0n) is 26.3. The molecule has 2 amide bonds. The summed E-state index contributed by atoms with van der Waals surface area (Å²) in [6, 6.07) is -0.253. The second-order valence-electron chi connectivity index (χ2n) is 11.5. The maximum Gasteiger partial charge on any atom is 0.246 e. The molecule has 1 aromatic heterocycles. The molecule has 1 aromatic rings. The average Bonchev–Trinajstić information content (AvgIpc) is 3.37. The number of hydrogen-bond acceptors (Lipinski definition) is 9. The van der Waals surface area contributed by atoms with E-state index in [4.69, 9.17) is 9.47 Å². The van der Waals surface area contributed by atoms with Gasteiger partial charge in [0.1, 0.15) is 24.0 Å². The van der Waals surface area contributed by atoms with E-state index < -0.39 is 0 Å². The highest BCUT2D eigenvalue weighted by molar-refractivity contribution is 5.82. The maximum absolute atomic E-state index is 12.5. The molecule has 0 aliphatic heterocycles. The number of nitrogens with one attached hydrogen (secondary N) is 2. The van der Waals surface area contributed by atoms with E-state index in [2.05, 4.69) is 20.9 Å². The van der Waals surface area contributed by atoms with Gasteiger partial charge in [-0.3, -0.25) is 24.0 Å². The van der Waals surface area contributed by atoms with Crippen molar-refractivity contribution in [2.24, 2.45) is 17.8 Å². The first-order valence-corrected chi connectivity index (χ1v) is 15.1. The number of carbonyl (C=O) groups is 5.